The minimum atomic E-state index is -0.488. The number of allylic oxidation sites excluding steroid dienone is 1. The van der Waals surface area contributed by atoms with E-state index in [1.54, 1.807) is 18.7 Å². The summed E-state index contributed by atoms with van der Waals surface area (Å²) in [4.78, 5) is 28.4. The van der Waals surface area contributed by atoms with E-state index in [1.807, 2.05) is 82.3 Å². The number of hydrogen-bond donors (Lipinski definition) is 0. The van der Waals surface area contributed by atoms with E-state index in [2.05, 4.69) is 20.5 Å². The number of carbonyl (C=O) groups excluding carboxylic acids is 2. The molecule has 0 unspecified atom stereocenters. The highest BCUT2D eigenvalue weighted by molar-refractivity contribution is 9.10. The molecule has 0 fully saturated rings. The Balaban J connectivity index is 1.85. The second-order valence-electron chi connectivity index (χ2n) is 8.79. The lowest BCUT2D eigenvalue weighted by Crippen LogP contribution is -2.24. The Morgan fingerprint density at radius 1 is 0.943 bits per heavy atom. The molecule has 0 saturated carbocycles. The molecule has 0 bridgehead atoms. The topological polar surface area (TPSA) is 51.5 Å². The van der Waals surface area contributed by atoms with Crippen molar-refractivity contribution in [3.63, 3.8) is 0 Å². The number of aromatic nitrogens is 1. The molecule has 1 aromatic heterocycles. The maximum atomic E-state index is 13.7. The van der Waals surface area contributed by atoms with Crippen molar-refractivity contribution < 1.29 is 14.3 Å². The maximum absolute atomic E-state index is 13.7. The second kappa shape index (κ2) is 9.70. The van der Waals surface area contributed by atoms with E-state index in [0.29, 0.717) is 16.8 Å². The van der Waals surface area contributed by atoms with Gasteiger partial charge in [-0.05, 0) is 107 Å². The molecule has 1 aliphatic rings. The van der Waals surface area contributed by atoms with Gasteiger partial charge in [-0.1, -0.05) is 22.0 Å². The molecule has 3 aromatic rings. The molecule has 0 atom stereocenters. The van der Waals surface area contributed by atoms with Crippen LogP contribution in [0.1, 0.15) is 41.9 Å². The Bertz CT molecular complexity index is 1390. The Kier molecular flexibility index (Phi) is 6.86. The number of ether oxygens (including phenoxy) is 1. The van der Waals surface area contributed by atoms with E-state index in [-0.39, 0.29) is 12.5 Å². The van der Waals surface area contributed by atoms with Crippen molar-refractivity contribution in [1.82, 2.24) is 4.57 Å². The molecular formula is C29H29BrN2O3. The third-order valence-electron chi connectivity index (χ3n) is 6.48. The minimum absolute atomic E-state index is 0.234. The van der Waals surface area contributed by atoms with Gasteiger partial charge in [-0.2, -0.15) is 0 Å². The van der Waals surface area contributed by atoms with Crippen molar-refractivity contribution in [3.05, 3.63) is 97.9 Å². The lowest BCUT2D eigenvalue weighted by atomic mass is 10.0. The van der Waals surface area contributed by atoms with Gasteiger partial charge in [-0.3, -0.25) is 9.69 Å². The first-order valence-electron chi connectivity index (χ1n) is 11.6. The summed E-state index contributed by atoms with van der Waals surface area (Å²) in [5.74, 6) is -0.722. The third kappa shape index (κ3) is 4.50. The van der Waals surface area contributed by atoms with Crippen LogP contribution in [0.15, 0.2) is 69.8 Å². The van der Waals surface area contributed by atoms with Crippen LogP contribution in [0.4, 0.5) is 5.69 Å². The van der Waals surface area contributed by atoms with Gasteiger partial charge in [-0.25, -0.2) is 4.79 Å². The van der Waals surface area contributed by atoms with Crippen LogP contribution in [0.2, 0.25) is 0 Å². The van der Waals surface area contributed by atoms with Gasteiger partial charge in [0.25, 0.3) is 5.91 Å². The van der Waals surface area contributed by atoms with Crippen molar-refractivity contribution in [2.45, 2.75) is 41.5 Å². The van der Waals surface area contributed by atoms with Crippen molar-refractivity contribution in [3.8, 4) is 5.69 Å². The van der Waals surface area contributed by atoms with Crippen LogP contribution in [-0.2, 0) is 14.3 Å². The molecule has 180 valence electrons. The lowest BCUT2D eigenvalue weighted by molar-refractivity contribution is -0.138. The highest BCUT2D eigenvalue weighted by Crippen LogP contribution is 2.37. The van der Waals surface area contributed by atoms with Crippen LogP contribution >= 0.6 is 15.9 Å². The van der Waals surface area contributed by atoms with Crippen LogP contribution in [0.25, 0.3) is 11.8 Å². The number of carbonyl (C=O) groups is 2. The number of halogens is 1. The number of amides is 1. The monoisotopic (exact) mass is 532 g/mol. The van der Waals surface area contributed by atoms with Crippen molar-refractivity contribution in [1.29, 1.82) is 0 Å². The molecule has 2 aromatic carbocycles. The molecule has 1 aliphatic heterocycles. The fourth-order valence-electron chi connectivity index (χ4n) is 4.53. The van der Waals surface area contributed by atoms with Gasteiger partial charge in [0.2, 0.25) is 0 Å². The van der Waals surface area contributed by atoms with Crippen LogP contribution in [-0.4, -0.2) is 23.1 Å². The molecule has 4 rings (SSSR count). The molecule has 0 N–H and O–H groups in total. The number of anilines is 1. The number of benzene rings is 2. The molecule has 35 heavy (non-hydrogen) atoms. The van der Waals surface area contributed by atoms with Gasteiger partial charge in [0.15, 0.2) is 0 Å². The zero-order chi connectivity index (χ0) is 25.4. The van der Waals surface area contributed by atoms with E-state index in [0.717, 1.165) is 43.9 Å². The molecule has 1 amide bonds. The molecule has 0 spiro atoms. The van der Waals surface area contributed by atoms with Gasteiger partial charge in [0.05, 0.1) is 17.8 Å². The van der Waals surface area contributed by atoms with Crippen molar-refractivity contribution in [2.75, 3.05) is 11.5 Å². The summed E-state index contributed by atoms with van der Waals surface area (Å²) >= 11 is 3.49. The lowest BCUT2D eigenvalue weighted by Gasteiger charge is -2.19. The first kappa shape index (κ1) is 24.7. The summed E-state index contributed by atoms with van der Waals surface area (Å²) in [6.45, 7) is 11.9. The maximum Gasteiger partial charge on any atom is 0.340 e. The summed E-state index contributed by atoms with van der Waals surface area (Å²) < 4.78 is 8.50. The largest absolute Gasteiger partial charge is 0.462 e. The summed E-state index contributed by atoms with van der Waals surface area (Å²) in [7, 11) is 0. The summed E-state index contributed by atoms with van der Waals surface area (Å²) in [6.07, 6.45) is 1.82. The standard InChI is InChI=1S/C29H29BrN2O3/c1-7-35-29(34)27-21(6)32(25-11-8-17(2)18(3)14-25)28(33)26(27)16-22-15-19(4)31(20(22)5)24-12-9-23(30)10-13-24/h8-16H,7H2,1-6H3/b26-16-. The molecular weight excluding hydrogens is 504 g/mol. The van der Waals surface area contributed by atoms with Crippen molar-refractivity contribution >= 4 is 39.6 Å². The summed E-state index contributed by atoms with van der Waals surface area (Å²) in [5.41, 5.74) is 8.11. The quantitative estimate of drug-likeness (QED) is 0.270. The van der Waals surface area contributed by atoms with Gasteiger partial charge in [-0.15, -0.1) is 0 Å². The average molecular weight is 533 g/mol. The smallest absolute Gasteiger partial charge is 0.340 e. The van der Waals surface area contributed by atoms with Gasteiger partial charge in [0, 0.05) is 32.9 Å². The van der Waals surface area contributed by atoms with Crippen LogP contribution in [0.5, 0.6) is 0 Å². The number of hydrogen-bond acceptors (Lipinski definition) is 3. The zero-order valence-electron chi connectivity index (χ0n) is 20.9. The van der Waals surface area contributed by atoms with Crippen LogP contribution in [0, 0.1) is 27.7 Å². The Hall–Kier alpha value is -3.38. The van der Waals surface area contributed by atoms with Gasteiger partial charge in [0.1, 0.15) is 0 Å². The summed E-state index contributed by atoms with van der Waals surface area (Å²) in [6, 6.07) is 16.0. The van der Waals surface area contributed by atoms with E-state index in [4.69, 9.17) is 4.74 Å². The predicted octanol–water partition coefficient (Wildman–Crippen LogP) is 6.74. The zero-order valence-corrected chi connectivity index (χ0v) is 22.5. The molecule has 6 heteroatoms. The molecule has 0 aliphatic carbocycles. The Morgan fingerprint density at radius 3 is 2.23 bits per heavy atom. The highest BCUT2D eigenvalue weighted by atomic mass is 79.9. The second-order valence-corrected chi connectivity index (χ2v) is 9.70. The van der Waals surface area contributed by atoms with Gasteiger partial charge >= 0.3 is 5.97 Å². The number of aryl methyl sites for hydroxylation is 3. The number of esters is 1. The normalized spacial score (nSPS) is 14.9. The van der Waals surface area contributed by atoms with Crippen molar-refractivity contribution in [2.24, 2.45) is 0 Å². The average Bonchev–Trinajstić information content (AvgIpc) is 3.22. The SMILES string of the molecule is CCOC(=O)C1=C(C)N(c2ccc(C)c(C)c2)C(=O)/C1=C\c1cc(C)n(-c2ccc(Br)cc2)c1C. The minimum Gasteiger partial charge on any atom is -0.462 e. The Morgan fingerprint density at radius 2 is 1.60 bits per heavy atom. The third-order valence-corrected chi connectivity index (χ3v) is 7.01. The first-order valence-corrected chi connectivity index (χ1v) is 12.4. The fourth-order valence-corrected chi connectivity index (χ4v) is 4.80. The van der Waals surface area contributed by atoms with E-state index in [1.165, 1.54) is 0 Å². The molecule has 0 radical (unpaired) electrons. The fraction of sp³-hybridized carbons (Fsp3) is 0.241. The van der Waals surface area contributed by atoms with E-state index < -0.39 is 5.97 Å². The van der Waals surface area contributed by atoms with Gasteiger partial charge < -0.3 is 9.30 Å². The number of nitrogens with zero attached hydrogens (tertiary/aromatic N) is 2. The first-order chi connectivity index (χ1) is 16.6. The van der Waals surface area contributed by atoms with Crippen LogP contribution < -0.4 is 4.90 Å². The van der Waals surface area contributed by atoms with E-state index in [9.17, 15) is 9.59 Å². The summed E-state index contributed by atoms with van der Waals surface area (Å²) in [5, 5.41) is 0. The Labute approximate surface area is 214 Å². The van der Waals surface area contributed by atoms with Crippen LogP contribution in [0.3, 0.4) is 0 Å². The number of rotatable bonds is 5. The predicted molar refractivity (Wildman–Crippen MR) is 144 cm³/mol. The van der Waals surface area contributed by atoms with E-state index >= 15 is 0 Å². The highest BCUT2D eigenvalue weighted by Gasteiger charge is 2.38. The molecule has 5 nitrogen and oxygen atoms in total. The molecule has 0 saturated heterocycles. The molecule has 2 heterocycles.